The van der Waals surface area contributed by atoms with Crippen LogP contribution in [0.1, 0.15) is 54.6 Å². The summed E-state index contributed by atoms with van der Waals surface area (Å²) in [6, 6.07) is 13.8. The summed E-state index contributed by atoms with van der Waals surface area (Å²) < 4.78 is 6.86. The summed E-state index contributed by atoms with van der Waals surface area (Å²) >= 11 is 0. The quantitative estimate of drug-likeness (QED) is 0.385. The molecule has 9 heteroatoms. The van der Waals surface area contributed by atoms with E-state index in [0.717, 1.165) is 22.4 Å². The van der Waals surface area contributed by atoms with Gasteiger partial charge in [-0.25, -0.2) is 9.78 Å². The van der Waals surface area contributed by atoms with Crippen LogP contribution in [0.3, 0.4) is 0 Å². The SMILES string of the molecule is COC1(C(=O)O)CCC(c2nc3c(-c4ccc(-c5ccccc5)nc4)cnn3c(N)c2C(C)=O)CC1. The molecule has 9 nitrogen and oxygen atoms in total. The number of rotatable bonds is 6. The Morgan fingerprint density at radius 1 is 1.08 bits per heavy atom. The summed E-state index contributed by atoms with van der Waals surface area (Å²) in [7, 11) is 1.42. The van der Waals surface area contributed by atoms with Crippen LogP contribution in [0.5, 0.6) is 0 Å². The van der Waals surface area contributed by atoms with Crippen LogP contribution in [0.4, 0.5) is 5.82 Å². The normalized spacial score (nSPS) is 19.9. The Balaban J connectivity index is 1.55. The smallest absolute Gasteiger partial charge is 0.335 e. The number of benzene rings is 1. The van der Waals surface area contributed by atoms with Crippen LogP contribution < -0.4 is 5.73 Å². The molecule has 1 aromatic carbocycles. The van der Waals surface area contributed by atoms with E-state index in [1.807, 2.05) is 42.5 Å². The number of ether oxygens (including phenoxy) is 1. The van der Waals surface area contributed by atoms with E-state index in [1.54, 1.807) is 12.4 Å². The molecule has 3 heterocycles. The Hall–Kier alpha value is -4.11. The van der Waals surface area contributed by atoms with Gasteiger partial charge in [-0.15, -0.1) is 0 Å². The van der Waals surface area contributed by atoms with Crippen LogP contribution in [0, 0.1) is 0 Å². The molecule has 184 valence electrons. The molecule has 1 fully saturated rings. The molecular formula is C27H27N5O4. The molecule has 1 saturated carbocycles. The minimum Gasteiger partial charge on any atom is -0.479 e. The van der Waals surface area contributed by atoms with Gasteiger partial charge in [0.1, 0.15) is 5.82 Å². The number of pyridine rings is 1. The highest BCUT2D eigenvalue weighted by Gasteiger charge is 2.43. The topological polar surface area (TPSA) is 133 Å². The summed E-state index contributed by atoms with van der Waals surface area (Å²) in [5.41, 5.74) is 10.1. The first-order chi connectivity index (χ1) is 17.3. The van der Waals surface area contributed by atoms with Crippen molar-refractivity contribution in [3.05, 3.63) is 66.1 Å². The van der Waals surface area contributed by atoms with Crippen LogP contribution in [0.15, 0.2) is 54.9 Å². The number of carboxylic acid groups (broad SMARTS) is 1. The van der Waals surface area contributed by atoms with Crippen LogP contribution in [-0.2, 0) is 9.53 Å². The summed E-state index contributed by atoms with van der Waals surface area (Å²) in [5.74, 6) is -1.07. The Morgan fingerprint density at radius 2 is 1.81 bits per heavy atom. The fourth-order valence-electron chi connectivity index (χ4n) is 5.09. The van der Waals surface area contributed by atoms with Crippen molar-refractivity contribution in [2.24, 2.45) is 0 Å². The Bertz CT molecular complexity index is 1440. The van der Waals surface area contributed by atoms with E-state index in [9.17, 15) is 14.7 Å². The molecule has 0 radical (unpaired) electrons. The molecule has 0 aliphatic heterocycles. The minimum atomic E-state index is -1.21. The van der Waals surface area contributed by atoms with Crippen molar-refractivity contribution in [1.82, 2.24) is 19.6 Å². The van der Waals surface area contributed by atoms with Gasteiger partial charge in [-0.1, -0.05) is 36.4 Å². The number of nitrogens with zero attached hydrogens (tertiary/aromatic N) is 4. The molecule has 4 aromatic rings. The largest absolute Gasteiger partial charge is 0.479 e. The number of anilines is 1. The number of aromatic nitrogens is 4. The van der Waals surface area contributed by atoms with Gasteiger partial charge in [-0.2, -0.15) is 9.61 Å². The van der Waals surface area contributed by atoms with E-state index in [0.29, 0.717) is 42.6 Å². The van der Waals surface area contributed by atoms with E-state index in [1.165, 1.54) is 18.5 Å². The number of hydrogen-bond acceptors (Lipinski definition) is 7. The van der Waals surface area contributed by atoms with Gasteiger partial charge >= 0.3 is 5.97 Å². The molecule has 3 aromatic heterocycles. The number of carbonyl (C=O) groups excluding carboxylic acids is 1. The maximum absolute atomic E-state index is 12.6. The van der Waals surface area contributed by atoms with Crippen molar-refractivity contribution in [2.75, 3.05) is 12.8 Å². The van der Waals surface area contributed by atoms with Crippen molar-refractivity contribution < 1.29 is 19.4 Å². The highest BCUT2D eigenvalue weighted by Crippen LogP contribution is 2.42. The van der Waals surface area contributed by atoms with Crippen LogP contribution in [0.2, 0.25) is 0 Å². The first-order valence-electron chi connectivity index (χ1n) is 11.8. The molecule has 0 amide bonds. The molecule has 5 rings (SSSR count). The zero-order valence-corrected chi connectivity index (χ0v) is 20.1. The molecular weight excluding hydrogens is 458 g/mol. The predicted molar refractivity (Wildman–Crippen MR) is 135 cm³/mol. The van der Waals surface area contributed by atoms with Crippen molar-refractivity contribution in [2.45, 2.75) is 44.1 Å². The number of carbonyl (C=O) groups is 2. The van der Waals surface area contributed by atoms with E-state index in [4.69, 9.17) is 15.5 Å². The van der Waals surface area contributed by atoms with E-state index in [-0.39, 0.29) is 17.5 Å². The van der Waals surface area contributed by atoms with Crippen molar-refractivity contribution in [3.8, 4) is 22.4 Å². The minimum absolute atomic E-state index is 0.125. The number of methoxy groups -OCH3 is 1. The molecule has 0 bridgehead atoms. The second kappa shape index (κ2) is 9.16. The molecule has 1 aliphatic carbocycles. The van der Waals surface area contributed by atoms with Gasteiger partial charge in [0, 0.05) is 35.9 Å². The third kappa shape index (κ3) is 3.91. The number of aliphatic carboxylic acids is 1. The number of Topliss-reactive ketones (excluding diaryl/α,β-unsaturated/α-hetero) is 1. The van der Waals surface area contributed by atoms with Gasteiger partial charge in [0.25, 0.3) is 0 Å². The zero-order valence-electron chi connectivity index (χ0n) is 20.1. The lowest BCUT2D eigenvalue weighted by Crippen LogP contribution is -2.43. The van der Waals surface area contributed by atoms with E-state index < -0.39 is 11.6 Å². The highest BCUT2D eigenvalue weighted by molar-refractivity contribution is 6.00. The number of nitrogen functional groups attached to an aromatic ring is 1. The van der Waals surface area contributed by atoms with Crippen LogP contribution in [0.25, 0.3) is 28.0 Å². The second-order valence-corrected chi connectivity index (χ2v) is 9.18. The average molecular weight is 486 g/mol. The number of carboxylic acids is 1. The maximum atomic E-state index is 12.6. The first kappa shape index (κ1) is 23.6. The number of hydrogen-bond donors (Lipinski definition) is 2. The highest BCUT2D eigenvalue weighted by atomic mass is 16.5. The number of ketones is 1. The summed E-state index contributed by atoms with van der Waals surface area (Å²) in [5, 5.41) is 14.1. The van der Waals surface area contributed by atoms with Crippen molar-refractivity contribution in [1.29, 1.82) is 0 Å². The maximum Gasteiger partial charge on any atom is 0.335 e. The molecule has 0 atom stereocenters. The Morgan fingerprint density at radius 3 is 2.39 bits per heavy atom. The lowest BCUT2D eigenvalue weighted by molar-refractivity contribution is -0.166. The molecule has 3 N–H and O–H groups in total. The van der Waals surface area contributed by atoms with Crippen molar-refractivity contribution in [3.63, 3.8) is 0 Å². The van der Waals surface area contributed by atoms with Crippen LogP contribution in [-0.4, -0.2) is 49.2 Å². The Kier molecular flexibility index (Phi) is 6.01. The first-order valence-corrected chi connectivity index (χ1v) is 11.8. The third-order valence-corrected chi connectivity index (χ3v) is 7.17. The summed E-state index contributed by atoms with van der Waals surface area (Å²) in [6.45, 7) is 1.46. The summed E-state index contributed by atoms with van der Waals surface area (Å²) in [4.78, 5) is 33.9. The van der Waals surface area contributed by atoms with Gasteiger partial charge in [0.05, 0.1) is 23.1 Å². The lowest BCUT2D eigenvalue weighted by atomic mass is 9.76. The molecule has 36 heavy (non-hydrogen) atoms. The molecule has 0 unspecified atom stereocenters. The van der Waals surface area contributed by atoms with Gasteiger partial charge in [-0.3, -0.25) is 9.78 Å². The molecule has 0 spiro atoms. The molecule has 0 saturated heterocycles. The fourth-order valence-corrected chi connectivity index (χ4v) is 5.09. The van der Waals surface area contributed by atoms with Gasteiger partial charge in [0.15, 0.2) is 17.0 Å². The number of nitrogens with two attached hydrogens (primary N) is 1. The van der Waals surface area contributed by atoms with Crippen LogP contribution >= 0.6 is 0 Å². The zero-order chi connectivity index (χ0) is 25.4. The second-order valence-electron chi connectivity index (χ2n) is 9.18. The van der Waals surface area contributed by atoms with E-state index >= 15 is 0 Å². The van der Waals surface area contributed by atoms with Gasteiger partial charge in [-0.05, 0) is 38.7 Å². The van der Waals surface area contributed by atoms with Crippen molar-refractivity contribution >= 4 is 23.2 Å². The summed E-state index contributed by atoms with van der Waals surface area (Å²) in [6.07, 6.45) is 5.12. The molecule has 1 aliphatic rings. The third-order valence-electron chi connectivity index (χ3n) is 7.17. The monoisotopic (exact) mass is 485 g/mol. The lowest BCUT2D eigenvalue weighted by Gasteiger charge is -2.35. The Labute approximate surface area is 208 Å². The van der Waals surface area contributed by atoms with Gasteiger partial charge < -0.3 is 15.6 Å². The average Bonchev–Trinajstić information content (AvgIpc) is 3.33. The van der Waals surface area contributed by atoms with E-state index in [2.05, 4.69) is 10.1 Å². The predicted octanol–water partition coefficient (Wildman–Crippen LogP) is 4.37. The van der Waals surface area contributed by atoms with Gasteiger partial charge in [0.2, 0.25) is 0 Å². The fraction of sp³-hybridized carbons (Fsp3) is 0.296. The number of fused-ring (bicyclic) bond motifs is 1. The standard InChI is InChI=1S/C27H27N5O4/c1-16(33)22-23(18-10-12-27(36-2,13-11-18)26(34)35)31-25-20(15-30-32(25)24(22)28)19-8-9-21(29-14-19)17-6-4-3-5-7-17/h3-9,14-15,18H,10-13,28H2,1-2H3,(H,34,35).